The second-order valence-corrected chi connectivity index (χ2v) is 6.99. The van der Waals surface area contributed by atoms with Crippen molar-refractivity contribution in [2.24, 2.45) is 5.92 Å². The van der Waals surface area contributed by atoms with Crippen LogP contribution in [0.2, 0.25) is 0 Å². The van der Waals surface area contributed by atoms with Crippen molar-refractivity contribution in [1.29, 1.82) is 0 Å². The Morgan fingerprint density at radius 1 is 1.42 bits per heavy atom. The van der Waals surface area contributed by atoms with Gasteiger partial charge in [0, 0.05) is 56.9 Å². The Bertz CT molecular complexity index is 784. The first-order valence-corrected chi connectivity index (χ1v) is 9.19. The van der Waals surface area contributed by atoms with E-state index < -0.39 is 0 Å². The first kappa shape index (κ1) is 18.5. The van der Waals surface area contributed by atoms with Crippen LogP contribution >= 0.6 is 0 Å². The van der Waals surface area contributed by atoms with Crippen molar-refractivity contribution in [2.45, 2.75) is 26.2 Å². The summed E-state index contributed by atoms with van der Waals surface area (Å²) >= 11 is 0. The van der Waals surface area contributed by atoms with Crippen molar-refractivity contribution in [3.8, 4) is 0 Å². The predicted molar refractivity (Wildman–Crippen MR) is 101 cm³/mol. The smallest absolute Gasteiger partial charge is 0.225 e. The number of benzene rings is 1. The second kappa shape index (κ2) is 8.36. The van der Waals surface area contributed by atoms with Crippen LogP contribution in [0.15, 0.2) is 24.4 Å². The average Bonchev–Trinajstić information content (AvgIpc) is 3.20. The predicted octanol–water partition coefficient (Wildman–Crippen LogP) is 2.02. The number of amides is 2. The first-order valence-electron chi connectivity index (χ1n) is 9.19. The number of ether oxygens (including phenoxy) is 1. The molecule has 3 rings (SSSR count). The lowest BCUT2D eigenvalue weighted by atomic mass is 10.1. The molecule has 6 nitrogen and oxygen atoms in total. The molecule has 0 bridgehead atoms. The normalized spacial score (nSPS) is 17.2. The Morgan fingerprint density at radius 3 is 3.08 bits per heavy atom. The van der Waals surface area contributed by atoms with E-state index in [9.17, 15) is 9.59 Å². The molecule has 2 amide bonds. The highest BCUT2D eigenvalue weighted by atomic mass is 16.5. The molecule has 6 heteroatoms. The fourth-order valence-electron chi connectivity index (χ4n) is 3.49. The molecule has 0 spiro atoms. The number of aryl methyl sites for hydroxylation is 1. The lowest BCUT2D eigenvalue weighted by molar-refractivity contribution is -0.129. The van der Waals surface area contributed by atoms with Crippen LogP contribution in [0.5, 0.6) is 0 Å². The first-order chi connectivity index (χ1) is 12.6. The summed E-state index contributed by atoms with van der Waals surface area (Å²) in [6.07, 6.45) is 3.90. The highest BCUT2D eigenvalue weighted by molar-refractivity contribution is 5.89. The number of nitrogens with one attached hydrogen (secondary N) is 2. The molecule has 1 saturated heterocycles. The van der Waals surface area contributed by atoms with Crippen molar-refractivity contribution in [3.63, 3.8) is 0 Å². The summed E-state index contributed by atoms with van der Waals surface area (Å²) in [5.41, 5.74) is 3.55. The molecule has 1 aliphatic rings. The number of methoxy groups -OCH3 is 1. The van der Waals surface area contributed by atoms with Crippen molar-refractivity contribution in [1.82, 2.24) is 15.2 Å². The molecule has 0 saturated carbocycles. The maximum absolute atomic E-state index is 12.3. The maximum atomic E-state index is 12.3. The lowest BCUT2D eigenvalue weighted by Gasteiger charge is -2.16. The molecule has 140 valence electrons. The summed E-state index contributed by atoms with van der Waals surface area (Å²) < 4.78 is 4.97. The van der Waals surface area contributed by atoms with Gasteiger partial charge in [-0.2, -0.15) is 0 Å². The van der Waals surface area contributed by atoms with E-state index in [4.69, 9.17) is 4.74 Å². The van der Waals surface area contributed by atoms with Crippen LogP contribution in [0.3, 0.4) is 0 Å². The van der Waals surface area contributed by atoms with Gasteiger partial charge in [0.25, 0.3) is 0 Å². The molecule has 0 radical (unpaired) electrons. The standard InChI is InChI=1S/C20H27N3O3/c1-14-4-5-18-17(10-14)15(12-22-18)6-8-23-13-16(11-19(23)24)20(25)21-7-3-9-26-2/h4-5,10,12,16,22H,3,6-9,11,13H2,1-2H3,(H,21,25)/t16-/m1/s1. The Labute approximate surface area is 153 Å². The number of carbonyl (C=O) groups excluding carboxylic acids is 2. The van der Waals surface area contributed by atoms with Gasteiger partial charge < -0.3 is 19.9 Å². The summed E-state index contributed by atoms with van der Waals surface area (Å²) in [6, 6.07) is 6.34. The van der Waals surface area contributed by atoms with Gasteiger partial charge in [-0.05, 0) is 37.5 Å². The summed E-state index contributed by atoms with van der Waals surface area (Å²) in [5, 5.41) is 4.11. The minimum absolute atomic E-state index is 0.0281. The summed E-state index contributed by atoms with van der Waals surface area (Å²) in [4.78, 5) is 29.6. The van der Waals surface area contributed by atoms with E-state index in [1.807, 2.05) is 11.1 Å². The molecule has 26 heavy (non-hydrogen) atoms. The largest absolute Gasteiger partial charge is 0.385 e. The Balaban J connectivity index is 1.53. The zero-order valence-electron chi connectivity index (χ0n) is 15.5. The molecule has 2 aromatic rings. The van der Waals surface area contributed by atoms with Crippen molar-refractivity contribution in [2.75, 3.05) is 33.4 Å². The monoisotopic (exact) mass is 357 g/mol. The number of aromatic nitrogens is 1. The number of hydrogen-bond acceptors (Lipinski definition) is 3. The summed E-state index contributed by atoms with van der Waals surface area (Å²) in [5.74, 6) is -0.201. The van der Waals surface area contributed by atoms with Gasteiger partial charge in [-0.3, -0.25) is 9.59 Å². The Morgan fingerprint density at radius 2 is 2.27 bits per heavy atom. The molecule has 1 aliphatic heterocycles. The zero-order valence-corrected chi connectivity index (χ0v) is 15.5. The van der Waals surface area contributed by atoms with Crippen LogP contribution in [-0.2, 0) is 20.7 Å². The molecule has 1 aromatic heterocycles. The van der Waals surface area contributed by atoms with E-state index in [-0.39, 0.29) is 17.7 Å². The zero-order chi connectivity index (χ0) is 18.5. The van der Waals surface area contributed by atoms with E-state index >= 15 is 0 Å². The van der Waals surface area contributed by atoms with Crippen molar-refractivity contribution >= 4 is 22.7 Å². The number of aromatic amines is 1. The van der Waals surface area contributed by atoms with Gasteiger partial charge >= 0.3 is 0 Å². The van der Waals surface area contributed by atoms with Gasteiger partial charge in [0.1, 0.15) is 0 Å². The minimum Gasteiger partial charge on any atom is -0.385 e. The third-order valence-corrected chi connectivity index (χ3v) is 4.98. The SMILES string of the molecule is COCCCNC(=O)[C@@H]1CC(=O)N(CCc2c[nH]c3ccc(C)cc23)C1. The van der Waals surface area contributed by atoms with Gasteiger partial charge in [0.2, 0.25) is 11.8 Å². The van der Waals surface area contributed by atoms with Crippen LogP contribution in [0.25, 0.3) is 10.9 Å². The molecule has 2 heterocycles. The molecule has 1 aromatic carbocycles. The summed E-state index contributed by atoms with van der Waals surface area (Å²) in [6.45, 7) is 4.45. The number of H-pyrrole nitrogens is 1. The molecule has 2 N–H and O–H groups in total. The third-order valence-electron chi connectivity index (χ3n) is 4.98. The lowest BCUT2D eigenvalue weighted by Crippen LogP contribution is -2.34. The minimum atomic E-state index is -0.241. The van der Waals surface area contributed by atoms with Gasteiger partial charge in [0.15, 0.2) is 0 Å². The quantitative estimate of drug-likeness (QED) is 0.710. The van der Waals surface area contributed by atoms with E-state index in [1.165, 1.54) is 16.5 Å². The van der Waals surface area contributed by atoms with E-state index in [1.54, 1.807) is 7.11 Å². The van der Waals surface area contributed by atoms with Crippen LogP contribution < -0.4 is 5.32 Å². The van der Waals surface area contributed by atoms with Crippen LogP contribution in [0, 0.1) is 12.8 Å². The highest BCUT2D eigenvalue weighted by Crippen LogP contribution is 2.22. The number of nitrogens with zero attached hydrogens (tertiary/aromatic N) is 1. The molecule has 0 aliphatic carbocycles. The maximum Gasteiger partial charge on any atom is 0.225 e. The van der Waals surface area contributed by atoms with E-state index in [0.29, 0.717) is 32.7 Å². The van der Waals surface area contributed by atoms with Gasteiger partial charge in [-0.1, -0.05) is 11.6 Å². The average molecular weight is 357 g/mol. The number of carbonyl (C=O) groups is 2. The number of hydrogen-bond donors (Lipinski definition) is 2. The number of likely N-dealkylation sites (tertiary alicyclic amines) is 1. The van der Waals surface area contributed by atoms with Gasteiger partial charge in [-0.15, -0.1) is 0 Å². The molecule has 0 unspecified atom stereocenters. The highest BCUT2D eigenvalue weighted by Gasteiger charge is 2.33. The Hall–Kier alpha value is -2.34. The van der Waals surface area contributed by atoms with E-state index in [0.717, 1.165) is 18.4 Å². The van der Waals surface area contributed by atoms with Crippen LogP contribution in [-0.4, -0.2) is 55.0 Å². The second-order valence-electron chi connectivity index (χ2n) is 6.99. The van der Waals surface area contributed by atoms with Gasteiger partial charge in [-0.25, -0.2) is 0 Å². The fourth-order valence-corrected chi connectivity index (χ4v) is 3.49. The fraction of sp³-hybridized carbons (Fsp3) is 0.500. The number of rotatable bonds is 8. The van der Waals surface area contributed by atoms with Crippen molar-refractivity contribution in [3.05, 3.63) is 35.5 Å². The van der Waals surface area contributed by atoms with Gasteiger partial charge in [0.05, 0.1) is 5.92 Å². The number of fused-ring (bicyclic) bond motifs is 1. The van der Waals surface area contributed by atoms with Crippen LogP contribution in [0.1, 0.15) is 24.0 Å². The summed E-state index contributed by atoms with van der Waals surface area (Å²) in [7, 11) is 1.64. The topological polar surface area (TPSA) is 74.4 Å². The van der Waals surface area contributed by atoms with Crippen molar-refractivity contribution < 1.29 is 14.3 Å². The molecular formula is C20H27N3O3. The van der Waals surface area contributed by atoms with Crippen LogP contribution in [0.4, 0.5) is 0 Å². The van der Waals surface area contributed by atoms with E-state index in [2.05, 4.69) is 35.4 Å². The molecular weight excluding hydrogens is 330 g/mol. The third kappa shape index (κ3) is 4.25. The molecule has 1 fully saturated rings. The Kier molecular flexibility index (Phi) is 5.93. The molecule has 1 atom stereocenters.